The molecule has 3 heterocycles. The fourth-order valence-electron chi connectivity index (χ4n) is 2.99. The maximum Gasteiger partial charge on any atom is 0.254 e. The van der Waals surface area contributed by atoms with Gasteiger partial charge in [0.25, 0.3) is 5.91 Å². The highest BCUT2D eigenvalue weighted by Gasteiger charge is 2.42. The summed E-state index contributed by atoms with van der Waals surface area (Å²) in [5, 5.41) is 12.6. The van der Waals surface area contributed by atoms with Gasteiger partial charge in [0.15, 0.2) is 5.13 Å². The van der Waals surface area contributed by atoms with E-state index >= 15 is 0 Å². The van der Waals surface area contributed by atoms with E-state index in [1.165, 1.54) is 22.7 Å². The lowest BCUT2D eigenvalue weighted by Gasteiger charge is -2.41. The van der Waals surface area contributed by atoms with Crippen molar-refractivity contribution in [2.24, 2.45) is 0 Å². The van der Waals surface area contributed by atoms with Gasteiger partial charge in [-0.2, -0.15) is 11.3 Å². The highest BCUT2D eigenvalue weighted by Crippen LogP contribution is 2.29. The molecule has 1 aliphatic heterocycles. The molecule has 0 unspecified atom stereocenters. The standard InChI is InChI=1S/C17H22N4O3S2/c1-24-9-5-18-15(23)17(20-16-19-6-11-26-16)3-7-21(8-4-17)14(22)13-2-10-25-12-13/h2,6,10-12H,3-5,7-9H2,1H3,(H,18,23)(H,19,20). The van der Waals surface area contributed by atoms with Gasteiger partial charge in [0.05, 0.1) is 12.2 Å². The van der Waals surface area contributed by atoms with E-state index in [1.54, 1.807) is 13.3 Å². The number of carbonyl (C=O) groups excluding carboxylic acids is 2. The highest BCUT2D eigenvalue weighted by atomic mass is 32.1. The maximum absolute atomic E-state index is 12.9. The molecule has 0 spiro atoms. The lowest BCUT2D eigenvalue weighted by atomic mass is 9.86. The van der Waals surface area contributed by atoms with Crippen LogP contribution in [-0.2, 0) is 9.53 Å². The molecule has 0 saturated carbocycles. The fraction of sp³-hybridized carbons (Fsp3) is 0.471. The summed E-state index contributed by atoms with van der Waals surface area (Å²) in [5.74, 6) is -0.0544. The molecule has 140 valence electrons. The summed E-state index contributed by atoms with van der Waals surface area (Å²) in [7, 11) is 1.60. The Kier molecular flexibility index (Phi) is 6.23. The predicted molar refractivity (Wildman–Crippen MR) is 103 cm³/mol. The molecule has 2 N–H and O–H groups in total. The van der Waals surface area contributed by atoms with Gasteiger partial charge in [-0.1, -0.05) is 0 Å². The molecule has 1 fully saturated rings. The summed E-state index contributed by atoms with van der Waals surface area (Å²) in [6.45, 7) is 1.95. The summed E-state index contributed by atoms with van der Waals surface area (Å²) < 4.78 is 5.01. The lowest BCUT2D eigenvalue weighted by Crippen LogP contribution is -2.59. The van der Waals surface area contributed by atoms with Gasteiger partial charge in [-0.25, -0.2) is 4.98 Å². The van der Waals surface area contributed by atoms with Crippen LogP contribution in [0.3, 0.4) is 0 Å². The zero-order valence-corrected chi connectivity index (χ0v) is 16.2. The molecule has 0 aromatic carbocycles. The van der Waals surface area contributed by atoms with Crippen LogP contribution in [0.5, 0.6) is 0 Å². The molecule has 0 aliphatic carbocycles. The Morgan fingerprint density at radius 3 is 2.77 bits per heavy atom. The van der Waals surface area contributed by atoms with Crippen molar-refractivity contribution in [1.82, 2.24) is 15.2 Å². The summed E-state index contributed by atoms with van der Waals surface area (Å²) >= 11 is 2.97. The van der Waals surface area contributed by atoms with Crippen LogP contribution in [0.4, 0.5) is 5.13 Å². The number of carbonyl (C=O) groups is 2. The van der Waals surface area contributed by atoms with Crippen molar-refractivity contribution in [2.45, 2.75) is 18.4 Å². The molecule has 2 aromatic heterocycles. The molecule has 3 rings (SSSR count). The number of thiophene rings is 1. The first-order valence-electron chi connectivity index (χ1n) is 8.41. The number of anilines is 1. The van der Waals surface area contributed by atoms with Gasteiger partial charge in [-0.3, -0.25) is 9.59 Å². The molecule has 9 heteroatoms. The minimum Gasteiger partial charge on any atom is -0.383 e. The number of piperidine rings is 1. The number of nitrogens with one attached hydrogen (secondary N) is 2. The smallest absolute Gasteiger partial charge is 0.254 e. The van der Waals surface area contributed by atoms with Gasteiger partial charge in [0.1, 0.15) is 5.54 Å². The Balaban J connectivity index is 1.69. The van der Waals surface area contributed by atoms with Crippen LogP contribution in [0, 0.1) is 0 Å². The minimum atomic E-state index is -0.767. The Bertz CT molecular complexity index is 710. The minimum absolute atomic E-state index is 0.0221. The van der Waals surface area contributed by atoms with Gasteiger partial charge in [0.2, 0.25) is 5.91 Å². The van der Waals surface area contributed by atoms with Crippen LogP contribution in [0.2, 0.25) is 0 Å². The first-order valence-corrected chi connectivity index (χ1v) is 10.2. The van der Waals surface area contributed by atoms with E-state index in [1.807, 2.05) is 27.1 Å². The van der Waals surface area contributed by atoms with Crippen LogP contribution in [0.15, 0.2) is 28.4 Å². The van der Waals surface area contributed by atoms with E-state index in [2.05, 4.69) is 15.6 Å². The number of hydrogen-bond acceptors (Lipinski definition) is 7. The van der Waals surface area contributed by atoms with E-state index < -0.39 is 5.54 Å². The van der Waals surface area contributed by atoms with Crippen LogP contribution in [0.25, 0.3) is 0 Å². The SMILES string of the molecule is COCCNC(=O)C1(Nc2nccs2)CCN(C(=O)c2ccsc2)CC1. The van der Waals surface area contributed by atoms with Gasteiger partial charge < -0.3 is 20.3 Å². The average Bonchev–Trinajstić information content (AvgIpc) is 3.36. The molecular weight excluding hydrogens is 372 g/mol. The number of ether oxygens (including phenoxy) is 1. The van der Waals surface area contributed by atoms with Crippen LogP contribution in [0.1, 0.15) is 23.2 Å². The van der Waals surface area contributed by atoms with Gasteiger partial charge >= 0.3 is 0 Å². The Morgan fingerprint density at radius 2 is 2.15 bits per heavy atom. The molecular formula is C17H22N4O3S2. The van der Waals surface area contributed by atoms with E-state index in [-0.39, 0.29) is 11.8 Å². The Labute approximate surface area is 160 Å². The summed E-state index contributed by atoms with van der Waals surface area (Å²) in [6, 6.07) is 1.83. The topological polar surface area (TPSA) is 83.6 Å². The fourth-order valence-corrected chi connectivity index (χ4v) is 4.25. The highest BCUT2D eigenvalue weighted by molar-refractivity contribution is 7.13. The quantitative estimate of drug-likeness (QED) is 0.703. The first kappa shape index (κ1) is 18.8. The number of rotatable bonds is 7. The number of likely N-dealkylation sites (tertiary alicyclic amines) is 1. The van der Waals surface area contributed by atoms with E-state index in [9.17, 15) is 9.59 Å². The number of nitrogens with zero attached hydrogens (tertiary/aromatic N) is 2. The molecule has 1 aliphatic rings. The summed E-state index contributed by atoms with van der Waals surface area (Å²) in [4.78, 5) is 31.5. The molecule has 26 heavy (non-hydrogen) atoms. The van der Waals surface area contributed by atoms with Crippen molar-refractivity contribution >= 4 is 39.6 Å². The number of hydrogen-bond donors (Lipinski definition) is 2. The van der Waals surface area contributed by atoms with Crippen LogP contribution < -0.4 is 10.6 Å². The van der Waals surface area contributed by atoms with Crippen molar-refractivity contribution in [3.8, 4) is 0 Å². The van der Waals surface area contributed by atoms with E-state index in [0.29, 0.717) is 49.8 Å². The monoisotopic (exact) mass is 394 g/mol. The van der Waals surface area contributed by atoms with Crippen molar-refractivity contribution in [2.75, 3.05) is 38.7 Å². The van der Waals surface area contributed by atoms with Crippen molar-refractivity contribution in [3.63, 3.8) is 0 Å². The Hall–Kier alpha value is -1.97. The molecule has 2 amide bonds. The Morgan fingerprint density at radius 1 is 1.35 bits per heavy atom. The van der Waals surface area contributed by atoms with Gasteiger partial charge in [0, 0.05) is 43.7 Å². The molecule has 0 bridgehead atoms. The molecule has 1 saturated heterocycles. The zero-order chi connectivity index (χ0) is 18.4. The third kappa shape index (κ3) is 4.22. The van der Waals surface area contributed by atoms with E-state index in [4.69, 9.17) is 4.74 Å². The van der Waals surface area contributed by atoms with Crippen molar-refractivity contribution < 1.29 is 14.3 Å². The normalized spacial score (nSPS) is 16.3. The number of methoxy groups -OCH3 is 1. The summed E-state index contributed by atoms with van der Waals surface area (Å²) in [5.41, 5.74) is -0.0586. The van der Waals surface area contributed by atoms with Crippen LogP contribution in [-0.4, -0.2) is 60.6 Å². The third-order valence-corrected chi connectivity index (χ3v) is 5.85. The lowest BCUT2D eigenvalue weighted by molar-refractivity contribution is -0.127. The van der Waals surface area contributed by atoms with Crippen molar-refractivity contribution in [3.05, 3.63) is 34.0 Å². The van der Waals surface area contributed by atoms with Gasteiger partial charge in [-0.05, 0) is 24.3 Å². The first-order chi connectivity index (χ1) is 12.6. The van der Waals surface area contributed by atoms with E-state index in [0.717, 1.165) is 0 Å². The summed E-state index contributed by atoms with van der Waals surface area (Å²) in [6.07, 6.45) is 2.77. The molecule has 0 atom stereocenters. The molecule has 0 radical (unpaired) electrons. The molecule has 7 nitrogen and oxygen atoms in total. The largest absolute Gasteiger partial charge is 0.383 e. The second-order valence-corrected chi connectivity index (χ2v) is 7.77. The maximum atomic E-state index is 12.9. The predicted octanol–water partition coefficient (Wildman–Crippen LogP) is 2.05. The third-order valence-electron chi connectivity index (χ3n) is 4.48. The average molecular weight is 395 g/mol. The second kappa shape index (κ2) is 8.61. The van der Waals surface area contributed by atoms with Gasteiger partial charge in [-0.15, -0.1) is 11.3 Å². The number of aromatic nitrogens is 1. The zero-order valence-electron chi connectivity index (χ0n) is 14.6. The number of thiazole rings is 1. The van der Waals surface area contributed by atoms with Crippen molar-refractivity contribution in [1.29, 1.82) is 0 Å². The molecule has 2 aromatic rings. The van der Waals surface area contributed by atoms with Crippen LogP contribution >= 0.6 is 22.7 Å². The number of amides is 2. The second-order valence-electron chi connectivity index (χ2n) is 6.10.